The maximum absolute atomic E-state index is 13.3. The number of alkyl halides is 3. The van der Waals surface area contributed by atoms with E-state index in [4.69, 9.17) is 5.73 Å². The first kappa shape index (κ1) is 19.2. The molecule has 2 N–H and O–H groups in total. The number of benzene rings is 1. The predicted molar refractivity (Wildman–Crippen MR) is 106 cm³/mol. The molecule has 1 aliphatic rings. The number of aromatic nitrogens is 5. The lowest BCUT2D eigenvalue weighted by Gasteiger charge is -2.14. The molecule has 4 heterocycles. The summed E-state index contributed by atoms with van der Waals surface area (Å²) in [6.45, 7) is 1.30. The predicted octanol–water partition coefficient (Wildman–Crippen LogP) is 3.18. The van der Waals surface area contributed by atoms with Gasteiger partial charge in [0.05, 0.1) is 22.8 Å². The Hall–Kier alpha value is -3.76. The number of hydrogen-bond acceptors (Lipinski definition) is 6. The van der Waals surface area contributed by atoms with E-state index in [-0.39, 0.29) is 17.3 Å². The highest BCUT2D eigenvalue weighted by Crippen LogP contribution is 2.35. The summed E-state index contributed by atoms with van der Waals surface area (Å²) in [4.78, 5) is 22.7. The van der Waals surface area contributed by atoms with Gasteiger partial charge >= 0.3 is 6.18 Å². The zero-order valence-corrected chi connectivity index (χ0v) is 16.1. The normalized spacial score (nSPS) is 14.6. The van der Waals surface area contributed by atoms with Crippen molar-refractivity contribution in [3.8, 4) is 11.1 Å². The minimum Gasteiger partial charge on any atom is -0.383 e. The van der Waals surface area contributed by atoms with E-state index in [0.29, 0.717) is 35.3 Å². The number of rotatable bonds is 2. The van der Waals surface area contributed by atoms with E-state index in [1.165, 1.54) is 12.4 Å². The van der Waals surface area contributed by atoms with Crippen molar-refractivity contribution in [3.63, 3.8) is 0 Å². The van der Waals surface area contributed by atoms with E-state index in [1.54, 1.807) is 27.5 Å². The zero-order chi connectivity index (χ0) is 21.8. The summed E-state index contributed by atoms with van der Waals surface area (Å²) in [7, 11) is 0. The molecule has 1 amide bonds. The number of halogens is 3. The van der Waals surface area contributed by atoms with Crippen LogP contribution >= 0.6 is 0 Å². The van der Waals surface area contributed by atoms with Crippen LogP contribution in [0.4, 0.5) is 19.0 Å². The Morgan fingerprint density at radius 2 is 1.77 bits per heavy atom. The Balaban J connectivity index is 1.68. The Bertz CT molecular complexity index is 1330. The van der Waals surface area contributed by atoms with Gasteiger partial charge in [-0.05, 0) is 36.6 Å². The third-order valence-electron chi connectivity index (χ3n) is 5.37. The third-order valence-corrected chi connectivity index (χ3v) is 5.37. The van der Waals surface area contributed by atoms with E-state index in [1.807, 2.05) is 0 Å². The third kappa shape index (κ3) is 3.22. The monoisotopic (exact) mass is 427 g/mol. The molecule has 31 heavy (non-hydrogen) atoms. The molecular formula is C20H16F3N7O. The summed E-state index contributed by atoms with van der Waals surface area (Å²) < 4.78 is 41.4. The average molecular weight is 427 g/mol. The van der Waals surface area contributed by atoms with Gasteiger partial charge in [0.2, 0.25) is 5.82 Å². The molecule has 1 aliphatic heterocycles. The van der Waals surface area contributed by atoms with Crippen molar-refractivity contribution in [3.05, 3.63) is 48.0 Å². The molecule has 3 aromatic heterocycles. The smallest absolute Gasteiger partial charge is 0.383 e. The SMILES string of the molecule is Nc1ncc(-c2ccc3ncc4nnc(C(=O)N5CCCC5)n4c3c2)cc1C(F)(F)F. The number of anilines is 1. The molecule has 1 saturated heterocycles. The minimum atomic E-state index is -4.62. The van der Waals surface area contributed by atoms with Crippen LogP contribution in [-0.4, -0.2) is 48.5 Å². The Kier molecular flexibility index (Phi) is 4.27. The van der Waals surface area contributed by atoms with Gasteiger partial charge in [0.25, 0.3) is 5.91 Å². The van der Waals surface area contributed by atoms with Crippen LogP contribution in [0.15, 0.2) is 36.7 Å². The second kappa shape index (κ2) is 6.89. The van der Waals surface area contributed by atoms with Gasteiger partial charge in [-0.2, -0.15) is 13.2 Å². The highest BCUT2D eigenvalue weighted by molar-refractivity contribution is 5.94. The van der Waals surface area contributed by atoms with Crippen LogP contribution in [0.5, 0.6) is 0 Å². The fourth-order valence-corrected chi connectivity index (χ4v) is 3.80. The number of likely N-dealkylation sites (tertiary alicyclic amines) is 1. The second-order valence-corrected chi connectivity index (χ2v) is 7.33. The number of nitrogens with two attached hydrogens (primary N) is 1. The summed E-state index contributed by atoms with van der Waals surface area (Å²) >= 11 is 0. The Morgan fingerprint density at radius 3 is 2.52 bits per heavy atom. The topological polar surface area (TPSA) is 102 Å². The molecule has 5 rings (SSSR count). The molecule has 4 aromatic rings. The summed E-state index contributed by atoms with van der Waals surface area (Å²) in [6.07, 6.45) is 0.0214. The molecule has 0 bridgehead atoms. The summed E-state index contributed by atoms with van der Waals surface area (Å²) in [6, 6.07) is 5.91. The van der Waals surface area contributed by atoms with Gasteiger partial charge in [-0.25, -0.2) is 4.98 Å². The Morgan fingerprint density at radius 1 is 1.00 bits per heavy atom. The van der Waals surface area contributed by atoms with Crippen molar-refractivity contribution >= 4 is 28.4 Å². The first-order chi connectivity index (χ1) is 14.8. The van der Waals surface area contributed by atoms with Crippen LogP contribution in [0.2, 0.25) is 0 Å². The van der Waals surface area contributed by atoms with Crippen molar-refractivity contribution in [2.24, 2.45) is 0 Å². The molecule has 0 saturated carbocycles. The number of amides is 1. The molecule has 0 atom stereocenters. The molecule has 0 aliphatic carbocycles. The molecule has 158 valence electrons. The van der Waals surface area contributed by atoms with Gasteiger partial charge in [0.1, 0.15) is 5.82 Å². The Labute approximate surface area is 173 Å². The zero-order valence-electron chi connectivity index (χ0n) is 16.1. The van der Waals surface area contributed by atoms with E-state index in [2.05, 4.69) is 20.2 Å². The second-order valence-electron chi connectivity index (χ2n) is 7.33. The lowest BCUT2D eigenvalue weighted by molar-refractivity contribution is -0.137. The van der Waals surface area contributed by atoms with E-state index in [9.17, 15) is 18.0 Å². The van der Waals surface area contributed by atoms with Gasteiger partial charge < -0.3 is 10.6 Å². The summed E-state index contributed by atoms with van der Waals surface area (Å²) in [5.74, 6) is -0.678. The van der Waals surface area contributed by atoms with Crippen LogP contribution in [0.25, 0.3) is 27.8 Å². The maximum Gasteiger partial charge on any atom is 0.419 e. The standard InChI is InChI=1S/C20H16F3N7O/c21-20(22,23)13-7-12(9-26-17(13)24)11-3-4-14-15(8-11)30-16(10-25-14)27-28-18(30)19(31)29-5-1-2-6-29/h3-4,7-10H,1-2,5-6H2,(H2,24,26). The van der Waals surface area contributed by atoms with Crippen LogP contribution in [0.3, 0.4) is 0 Å². The van der Waals surface area contributed by atoms with Crippen LogP contribution < -0.4 is 5.73 Å². The number of nitrogens with zero attached hydrogens (tertiary/aromatic N) is 6. The van der Waals surface area contributed by atoms with Crippen molar-refractivity contribution < 1.29 is 18.0 Å². The van der Waals surface area contributed by atoms with E-state index in [0.717, 1.165) is 18.9 Å². The minimum absolute atomic E-state index is 0.146. The van der Waals surface area contributed by atoms with Gasteiger partial charge in [0.15, 0.2) is 5.65 Å². The van der Waals surface area contributed by atoms with Crippen LogP contribution in [0, 0.1) is 0 Å². The lowest BCUT2D eigenvalue weighted by Crippen LogP contribution is -2.29. The van der Waals surface area contributed by atoms with Gasteiger partial charge in [-0.3, -0.25) is 14.2 Å². The largest absolute Gasteiger partial charge is 0.419 e. The van der Waals surface area contributed by atoms with Gasteiger partial charge in [-0.1, -0.05) is 6.07 Å². The molecule has 1 aromatic carbocycles. The fourth-order valence-electron chi connectivity index (χ4n) is 3.80. The lowest BCUT2D eigenvalue weighted by atomic mass is 10.0. The number of fused-ring (bicyclic) bond motifs is 3. The summed E-state index contributed by atoms with van der Waals surface area (Å²) in [5.41, 5.74) is 6.54. The molecular weight excluding hydrogens is 411 g/mol. The fraction of sp³-hybridized carbons (Fsp3) is 0.250. The van der Waals surface area contributed by atoms with Crippen molar-refractivity contribution in [2.45, 2.75) is 19.0 Å². The van der Waals surface area contributed by atoms with Gasteiger partial charge in [0, 0.05) is 24.8 Å². The molecule has 0 radical (unpaired) electrons. The molecule has 8 nitrogen and oxygen atoms in total. The molecule has 0 spiro atoms. The molecule has 11 heteroatoms. The van der Waals surface area contributed by atoms with Crippen molar-refractivity contribution in [1.82, 2.24) is 29.5 Å². The number of carbonyl (C=O) groups is 1. The first-order valence-electron chi connectivity index (χ1n) is 9.59. The van der Waals surface area contributed by atoms with Crippen molar-refractivity contribution in [1.29, 1.82) is 0 Å². The number of nitrogen functional groups attached to an aromatic ring is 1. The molecule has 1 fully saturated rings. The van der Waals surface area contributed by atoms with Crippen molar-refractivity contribution in [2.75, 3.05) is 18.8 Å². The molecule has 0 unspecified atom stereocenters. The number of hydrogen-bond donors (Lipinski definition) is 1. The van der Waals surface area contributed by atoms with Crippen LogP contribution in [-0.2, 0) is 6.18 Å². The highest BCUT2D eigenvalue weighted by Gasteiger charge is 2.34. The maximum atomic E-state index is 13.3. The van der Waals surface area contributed by atoms with Gasteiger partial charge in [-0.15, -0.1) is 10.2 Å². The number of pyridine rings is 1. The summed E-state index contributed by atoms with van der Waals surface area (Å²) in [5, 5.41) is 8.10. The van der Waals surface area contributed by atoms with E-state index < -0.39 is 17.6 Å². The highest BCUT2D eigenvalue weighted by atomic mass is 19.4. The number of carbonyl (C=O) groups excluding carboxylic acids is 1. The quantitative estimate of drug-likeness (QED) is 0.527. The average Bonchev–Trinajstić information content (AvgIpc) is 3.42. The first-order valence-corrected chi connectivity index (χ1v) is 9.59. The van der Waals surface area contributed by atoms with Crippen LogP contribution in [0.1, 0.15) is 29.0 Å². The van der Waals surface area contributed by atoms with E-state index >= 15 is 0 Å².